The summed E-state index contributed by atoms with van der Waals surface area (Å²) in [6.45, 7) is 1.09. The number of nitrogens with zero attached hydrogens (tertiary/aromatic N) is 2. The Morgan fingerprint density at radius 1 is 1.06 bits per heavy atom. The summed E-state index contributed by atoms with van der Waals surface area (Å²) in [5.41, 5.74) is 0.908. The third-order valence-electron chi connectivity index (χ3n) is 5.10. The van der Waals surface area contributed by atoms with E-state index in [0.717, 1.165) is 32.4 Å². The first-order valence-corrected chi connectivity index (χ1v) is 9.91. The molecule has 1 fully saturated rings. The van der Waals surface area contributed by atoms with Crippen LogP contribution in [0.2, 0.25) is 0 Å². The minimum absolute atomic E-state index is 0.0759. The van der Waals surface area contributed by atoms with Crippen molar-refractivity contribution in [2.75, 3.05) is 36.7 Å². The number of anilines is 2. The van der Waals surface area contributed by atoms with Gasteiger partial charge in [0.1, 0.15) is 0 Å². The first-order valence-electron chi connectivity index (χ1n) is 9.91. The molecule has 1 saturated heterocycles. The summed E-state index contributed by atoms with van der Waals surface area (Å²) in [6.07, 6.45) is 3.05. The molecule has 10 nitrogen and oxygen atoms in total. The van der Waals surface area contributed by atoms with Gasteiger partial charge in [0, 0.05) is 37.0 Å². The number of carbonyl (C=O) groups is 2. The van der Waals surface area contributed by atoms with Crippen molar-refractivity contribution in [2.45, 2.75) is 19.3 Å². The van der Waals surface area contributed by atoms with Crippen LogP contribution in [0.1, 0.15) is 29.6 Å². The predicted molar refractivity (Wildman–Crippen MR) is 111 cm³/mol. The van der Waals surface area contributed by atoms with Gasteiger partial charge in [-0.2, -0.15) is 0 Å². The number of nitrogens with one attached hydrogen (secondary N) is 1. The zero-order valence-electron chi connectivity index (χ0n) is 16.7. The summed E-state index contributed by atoms with van der Waals surface area (Å²) in [5.74, 6) is -0.236. The number of fused-ring (bicyclic) bond motifs is 1. The monoisotopic (exact) mass is 427 g/mol. The minimum atomic E-state index is -0.787. The lowest BCUT2D eigenvalue weighted by molar-refractivity contribution is -0.384. The molecule has 10 heteroatoms. The van der Waals surface area contributed by atoms with E-state index >= 15 is 0 Å². The number of piperidine rings is 1. The highest BCUT2D eigenvalue weighted by atomic mass is 16.7. The van der Waals surface area contributed by atoms with Crippen molar-refractivity contribution in [3.8, 4) is 11.5 Å². The maximum Gasteiger partial charge on any atom is 0.341 e. The predicted octanol–water partition coefficient (Wildman–Crippen LogP) is 3.11. The fraction of sp³-hybridized carbons (Fsp3) is 0.333. The van der Waals surface area contributed by atoms with Crippen molar-refractivity contribution < 1.29 is 28.7 Å². The van der Waals surface area contributed by atoms with Crippen molar-refractivity contribution in [3.63, 3.8) is 0 Å². The van der Waals surface area contributed by atoms with Gasteiger partial charge >= 0.3 is 5.97 Å². The number of carbonyl (C=O) groups excluding carboxylic acids is 2. The average molecular weight is 427 g/mol. The Kier molecular flexibility index (Phi) is 5.87. The lowest BCUT2D eigenvalue weighted by atomic mass is 10.1. The van der Waals surface area contributed by atoms with E-state index in [1.807, 2.05) is 4.90 Å². The molecule has 2 aliphatic rings. The molecule has 2 aliphatic heterocycles. The molecule has 0 aliphatic carbocycles. The molecule has 0 saturated carbocycles. The number of esters is 1. The molecule has 31 heavy (non-hydrogen) atoms. The zero-order chi connectivity index (χ0) is 21.8. The summed E-state index contributed by atoms with van der Waals surface area (Å²) in [6, 6.07) is 9.04. The van der Waals surface area contributed by atoms with Crippen molar-refractivity contribution in [1.82, 2.24) is 0 Å². The van der Waals surface area contributed by atoms with Crippen molar-refractivity contribution in [2.24, 2.45) is 0 Å². The van der Waals surface area contributed by atoms with Gasteiger partial charge in [-0.05, 0) is 37.5 Å². The molecule has 2 aromatic rings. The number of benzene rings is 2. The number of amides is 1. The number of non-ortho nitro benzene ring substituents is 1. The Bertz CT molecular complexity index is 1020. The summed E-state index contributed by atoms with van der Waals surface area (Å²) < 4.78 is 15.6. The number of nitro benzene ring substituents is 1. The van der Waals surface area contributed by atoms with E-state index in [1.165, 1.54) is 12.1 Å². The number of hydrogen-bond donors (Lipinski definition) is 1. The third-order valence-corrected chi connectivity index (χ3v) is 5.10. The SMILES string of the molecule is O=C(COC(=O)c1cc([N+](=O)[O-])ccc1N1CCCCC1)Nc1ccc2c(c1)OCO2. The highest BCUT2D eigenvalue weighted by Crippen LogP contribution is 2.34. The Morgan fingerprint density at radius 2 is 1.84 bits per heavy atom. The summed E-state index contributed by atoms with van der Waals surface area (Å²) >= 11 is 0. The van der Waals surface area contributed by atoms with E-state index in [0.29, 0.717) is 22.9 Å². The lowest BCUT2D eigenvalue weighted by Gasteiger charge is -2.30. The average Bonchev–Trinajstić information content (AvgIpc) is 3.25. The van der Waals surface area contributed by atoms with Crippen LogP contribution in [-0.4, -0.2) is 43.3 Å². The van der Waals surface area contributed by atoms with Crippen LogP contribution in [0.25, 0.3) is 0 Å². The van der Waals surface area contributed by atoms with Crippen LogP contribution in [0.15, 0.2) is 36.4 Å². The minimum Gasteiger partial charge on any atom is -0.454 e. The van der Waals surface area contributed by atoms with Crippen LogP contribution >= 0.6 is 0 Å². The Labute approximate surface area is 177 Å². The largest absolute Gasteiger partial charge is 0.454 e. The molecule has 162 valence electrons. The van der Waals surface area contributed by atoms with Crippen LogP contribution < -0.4 is 19.7 Å². The van der Waals surface area contributed by atoms with E-state index in [2.05, 4.69) is 5.32 Å². The van der Waals surface area contributed by atoms with Crippen LogP contribution in [0.3, 0.4) is 0 Å². The molecular formula is C21H21N3O7. The van der Waals surface area contributed by atoms with E-state index in [4.69, 9.17) is 14.2 Å². The second kappa shape index (κ2) is 8.90. The maximum atomic E-state index is 12.7. The van der Waals surface area contributed by atoms with Crippen molar-refractivity contribution in [1.29, 1.82) is 0 Å². The first-order chi connectivity index (χ1) is 15.0. The molecule has 2 aromatic carbocycles. The second-order valence-corrected chi connectivity index (χ2v) is 7.20. The van der Waals surface area contributed by atoms with Crippen LogP contribution in [0, 0.1) is 10.1 Å². The Balaban J connectivity index is 1.43. The third kappa shape index (κ3) is 4.68. The standard InChI is InChI=1S/C21H21N3O7/c25-20(22-14-4-7-18-19(10-14)31-13-30-18)12-29-21(26)16-11-15(24(27)28)5-6-17(16)23-8-2-1-3-9-23/h4-7,10-11H,1-3,8-9,12-13H2,(H,22,25). The number of rotatable bonds is 6. The molecule has 2 heterocycles. The zero-order valence-corrected chi connectivity index (χ0v) is 16.7. The topological polar surface area (TPSA) is 120 Å². The Morgan fingerprint density at radius 3 is 2.61 bits per heavy atom. The smallest absolute Gasteiger partial charge is 0.341 e. The van der Waals surface area contributed by atoms with E-state index in [9.17, 15) is 19.7 Å². The lowest BCUT2D eigenvalue weighted by Crippen LogP contribution is -2.31. The maximum absolute atomic E-state index is 12.7. The highest BCUT2D eigenvalue weighted by molar-refractivity contribution is 5.99. The fourth-order valence-corrected chi connectivity index (χ4v) is 3.59. The van der Waals surface area contributed by atoms with Gasteiger partial charge in [0.25, 0.3) is 11.6 Å². The summed E-state index contributed by atoms with van der Waals surface area (Å²) in [4.78, 5) is 37.6. The Hall–Kier alpha value is -3.82. The molecular weight excluding hydrogens is 406 g/mol. The normalized spacial score (nSPS) is 14.8. The van der Waals surface area contributed by atoms with Gasteiger partial charge in [-0.15, -0.1) is 0 Å². The van der Waals surface area contributed by atoms with Crippen LogP contribution in [0.5, 0.6) is 11.5 Å². The van der Waals surface area contributed by atoms with Gasteiger partial charge in [0.15, 0.2) is 18.1 Å². The summed E-state index contributed by atoms with van der Waals surface area (Å²) in [5, 5.41) is 13.8. The molecule has 0 radical (unpaired) electrons. The molecule has 0 atom stereocenters. The second-order valence-electron chi connectivity index (χ2n) is 7.20. The first kappa shape index (κ1) is 20.5. The van der Waals surface area contributed by atoms with E-state index in [-0.39, 0.29) is 18.0 Å². The molecule has 1 N–H and O–H groups in total. The van der Waals surface area contributed by atoms with Crippen LogP contribution in [-0.2, 0) is 9.53 Å². The van der Waals surface area contributed by atoms with E-state index < -0.39 is 23.4 Å². The van der Waals surface area contributed by atoms with Gasteiger partial charge in [-0.3, -0.25) is 14.9 Å². The van der Waals surface area contributed by atoms with Gasteiger partial charge in [-0.25, -0.2) is 4.79 Å². The van der Waals surface area contributed by atoms with Gasteiger partial charge in [-0.1, -0.05) is 0 Å². The van der Waals surface area contributed by atoms with E-state index in [1.54, 1.807) is 24.3 Å². The molecule has 4 rings (SSSR count). The number of hydrogen-bond acceptors (Lipinski definition) is 8. The summed E-state index contributed by atoms with van der Waals surface area (Å²) in [7, 11) is 0. The fourth-order valence-electron chi connectivity index (χ4n) is 3.59. The molecule has 0 bridgehead atoms. The molecule has 1 amide bonds. The number of ether oxygens (including phenoxy) is 3. The quantitative estimate of drug-likeness (QED) is 0.424. The van der Waals surface area contributed by atoms with Crippen molar-refractivity contribution in [3.05, 3.63) is 52.1 Å². The highest BCUT2D eigenvalue weighted by Gasteiger charge is 2.23. The van der Waals surface area contributed by atoms with Crippen LogP contribution in [0.4, 0.5) is 17.1 Å². The molecule has 0 unspecified atom stereocenters. The molecule has 0 spiro atoms. The van der Waals surface area contributed by atoms with Gasteiger partial charge in [0.2, 0.25) is 6.79 Å². The van der Waals surface area contributed by atoms with Crippen molar-refractivity contribution >= 4 is 28.9 Å². The number of nitro groups is 1. The van der Waals surface area contributed by atoms with Gasteiger partial charge < -0.3 is 24.4 Å². The molecule has 0 aromatic heterocycles. The van der Waals surface area contributed by atoms with Gasteiger partial charge in [0.05, 0.1) is 16.2 Å².